The number of anilines is 1. The molecule has 2 N–H and O–H groups in total. The summed E-state index contributed by atoms with van der Waals surface area (Å²) in [5.74, 6) is 0.667. The van der Waals surface area contributed by atoms with Crippen molar-refractivity contribution >= 4 is 17.3 Å². The molecule has 0 spiro atoms. The van der Waals surface area contributed by atoms with Gasteiger partial charge in [0.1, 0.15) is 12.4 Å². The van der Waals surface area contributed by atoms with E-state index in [0.717, 1.165) is 5.56 Å². The lowest BCUT2D eigenvalue weighted by atomic mass is 10.2. The van der Waals surface area contributed by atoms with Crippen molar-refractivity contribution in [3.63, 3.8) is 0 Å². The summed E-state index contributed by atoms with van der Waals surface area (Å²) in [6, 6.07) is 9.56. The van der Waals surface area contributed by atoms with E-state index in [1.54, 1.807) is 24.3 Å². The first-order valence-corrected chi connectivity index (χ1v) is 5.98. The van der Waals surface area contributed by atoms with Crippen molar-refractivity contribution in [2.45, 2.75) is 6.61 Å². The SMILES string of the molecule is COc1cc(N)ccc1OCc1ccc(F)c(Cl)c1. The third kappa shape index (κ3) is 3.29. The molecule has 0 aliphatic carbocycles. The molecule has 0 aliphatic heterocycles. The van der Waals surface area contributed by atoms with Gasteiger partial charge in [0.15, 0.2) is 11.5 Å². The second-order valence-corrected chi connectivity index (χ2v) is 4.35. The molecule has 2 rings (SSSR count). The summed E-state index contributed by atoms with van der Waals surface area (Å²) in [6.07, 6.45) is 0. The molecule has 0 aliphatic rings. The van der Waals surface area contributed by atoms with Gasteiger partial charge in [-0.15, -0.1) is 0 Å². The second kappa shape index (κ2) is 5.80. The molecule has 100 valence electrons. The van der Waals surface area contributed by atoms with Gasteiger partial charge in [0.2, 0.25) is 0 Å². The Kier molecular flexibility index (Phi) is 4.12. The zero-order chi connectivity index (χ0) is 13.8. The van der Waals surface area contributed by atoms with Gasteiger partial charge in [0, 0.05) is 11.8 Å². The Balaban J connectivity index is 2.12. The maximum absolute atomic E-state index is 13.0. The molecule has 0 saturated heterocycles. The minimum absolute atomic E-state index is 0.0744. The third-order valence-electron chi connectivity index (χ3n) is 2.57. The predicted octanol–water partition coefficient (Wildman–Crippen LogP) is 3.65. The Labute approximate surface area is 115 Å². The molecule has 0 radical (unpaired) electrons. The number of hydrogen-bond acceptors (Lipinski definition) is 3. The molecule has 0 fully saturated rings. The fourth-order valence-electron chi connectivity index (χ4n) is 1.59. The Morgan fingerprint density at radius 2 is 1.95 bits per heavy atom. The standard InChI is InChI=1S/C14H13ClFNO2/c1-18-14-7-10(17)3-5-13(14)19-8-9-2-4-12(16)11(15)6-9/h2-7H,8,17H2,1H3. The van der Waals surface area contributed by atoms with E-state index < -0.39 is 5.82 Å². The maximum atomic E-state index is 13.0. The van der Waals surface area contributed by atoms with Crippen molar-refractivity contribution in [3.8, 4) is 11.5 Å². The highest BCUT2D eigenvalue weighted by atomic mass is 35.5. The van der Waals surface area contributed by atoms with Crippen molar-refractivity contribution in [1.82, 2.24) is 0 Å². The molecule has 2 aromatic carbocycles. The van der Waals surface area contributed by atoms with Gasteiger partial charge in [-0.25, -0.2) is 4.39 Å². The highest BCUT2D eigenvalue weighted by molar-refractivity contribution is 6.30. The average molecular weight is 282 g/mol. The van der Waals surface area contributed by atoms with Crippen LogP contribution in [0, 0.1) is 5.82 Å². The van der Waals surface area contributed by atoms with Crippen LogP contribution >= 0.6 is 11.6 Å². The summed E-state index contributed by atoms with van der Waals surface area (Å²) < 4.78 is 23.8. The lowest BCUT2D eigenvalue weighted by molar-refractivity contribution is 0.284. The van der Waals surface area contributed by atoms with Crippen LogP contribution in [-0.2, 0) is 6.61 Å². The minimum Gasteiger partial charge on any atom is -0.493 e. The first-order chi connectivity index (χ1) is 9.10. The van der Waals surface area contributed by atoms with Gasteiger partial charge in [0.25, 0.3) is 0 Å². The molecule has 2 aromatic rings. The molecule has 5 heteroatoms. The summed E-state index contributed by atoms with van der Waals surface area (Å²) in [4.78, 5) is 0. The van der Waals surface area contributed by atoms with Crippen LogP contribution in [-0.4, -0.2) is 7.11 Å². The summed E-state index contributed by atoms with van der Waals surface area (Å²) in [5, 5.41) is 0.0744. The zero-order valence-corrected chi connectivity index (χ0v) is 11.1. The summed E-state index contributed by atoms with van der Waals surface area (Å²) >= 11 is 5.70. The Bertz CT molecular complexity index is 590. The lowest BCUT2D eigenvalue weighted by Gasteiger charge is -2.11. The van der Waals surface area contributed by atoms with Crippen molar-refractivity contribution in [3.05, 3.63) is 52.8 Å². The first-order valence-electron chi connectivity index (χ1n) is 5.60. The van der Waals surface area contributed by atoms with Crippen LogP contribution in [0.2, 0.25) is 5.02 Å². The van der Waals surface area contributed by atoms with Gasteiger partial charge in [-0.2, -0.15) is 0 Å². The summed E-state index contributed by atoms with van der Waals surface area (Å²) in [5.41, 5.74) is 7.01. The quantitative estimate of drug-likeness (QED) is 0.870. The van der Waals surface area contributed by atoms with Crippen LogP contribution in [0.15, 0.2) is 36.4 Å². The van der Waals surface area contributed by atoms with Crippen molar-refractivity contribution < 1.29 is 13.9 Å². The number of nitrogens with two attached hydrogens (primary N) is 1. The normalized spacial score (nSPS) is 10.3. The van der Waals surface area contributed by atoms with Gasteiger partial charge in [-0.3, -0.25) is 0 Å². The van der Waals surface area contributed by atoms with Crippen LogP contribution in [0.25, 0.3) is 0 Å². The van der Waals surface area contributed by atoms with Gasteiger partial charge < -0.3 is 15.2 Å². The van der Waals surface area contributed by atoms with Crippen LogP contribution in [0.4, 0.5) is 10.1 Å². The Morgan fingerprint density at radius 3 is 2.63 bits per heavy atom. The number of methoxy groups -OCH3 is 1. The number of benzene rings is 2. The van der Waals surface area contributed by atoms with Crippen molar-refractivity contribution in [2.75, 3.05) is 12.8 Å². The highest BCUT2D eigenvalue weighted by Gasteiger charge is 2.06. The fourth-order valence-corrected chi connectivity index (χ4v) is 1.80. The average Bonchev–Trinajstić information content (AvgIpc) is 2.41. The van der Waals surface area contributed by atoms with Crippen LogP contribution < -0.4 is 15.2 Å². The molecule has 3 nitrogen and oxygen atoms in total. The van der Waals surface area contributed by atoms with Gasteiger partial charge in [-0.05, 0) is 29.8 Å². The van der Waals surface area contributed by atoms with Crippen LogP contribution in [0.3, 0.4) is 0 Å². The highest BCUT2D eigenvalue weighted by Crippen LogP contribution is 2.29. The minimum atomic E-state index is -0.449. The number of nitrogen functional groups attached to an aromatic ring is 1. The number of hydrogen-bond donors (Lipinski definition) is 1. The fraction of sp³-hybridized carbons (Fsp3) is 0.143. The molecule has 0 heterocycles. The first kappa shape index (κ1) is 13.5. The molecule has 0 bridgehead atoms. The molecule has 0 amide bonds. The number of halogens is 2. The zero-order valence-electron chi connectivity index (χ0n) is 10.3. The van der Waals surface area contributed by atoms with Gasteiger partial charge in [0.05, 0.1) is 12.1 Å². The molecular formula is C14H13ClFNO2. The van der Waals surface area contributed by atoms with E-state index in [9.17, 15) is 4.39 Å². The van der Waals surface area contributed by atoms with Crippen molar-refractivity contribution in [2.24, 2.45) is 0 Å². The number of ether oxygens (including phenoxy) is 2. The third-order valence-corrected chi connectivity index (χ3v) is 2.86. The maximum Gasteiger partial charge on any atom is 0.162 e. The van der Waals surface area contributed by atoms with Crippen LogP contribution in [0.1, 0.15) is 5.56 Å². The number of rotatable bonds is 4. The predicted molar refractivity (Wildman–Crippen MR) is 73.1 cm³/mol. The van der Waals surface area contributed by atoms with E-state index in [-0.39, 0.29) is 11.6 Å². The van der Waals surface area contributed by atoms with Gasteiger partial charge >= 0.3 is 0 Å². The Morgan fingerprint density at radius 1 is 1.16 bits per heavy atom. The largest absolute Gasteiger partial charge is 0.493 e. The molecule has 0 aromatic heterocycles. The topological polar surface area (TPSA) is 44.5 Å². The van der Waals surface area contributed by atoms with E-state index in [1.165, 1.54) is 19.2 Å². The molecule has 0 saturated carbocycles. The van der Waals surface area contributed by atoms with Crippen LogP contribution in [0.5, 0.6) is 11.5 Å². The van der Waals surface area contributed by atoms with E-state index >= 15 is 0 Å². The van der Waals surface area contributed by atoms with Crippen molar-refractivity contribution in [1.29, 1.82) is 0 Å². The van der Waals surface area contributed by atoms with E-state index in [4.69, 9.17) is 26.8 Å². The lowest BCUT2D eigenvalue weighted by Crippen LogP contribution is -1.99. The molecule has 19 heavy (non-hydrogen) atoms. The summed E-state index contributed by atoms with van der Waals surface area (Å²) in [7, 11) is 1.54. The molecule has 0 unspecified atom stereocenters. The second-order valence-electron chi connectivity index (χ2n) is 3.95. The monoisotopic (exact) mass is 281 g/mol. The smallest absolute Gasteiger partial charge is 0.162 e. The Hall–Kier alpha value is -1.94. The molecular weight excluding hydrogens is 269 g/mol. The summed E-state index contributed by atoms with van der Waals surface area (Å²) in [6.45, 7) is 0.264. The molecule has 0 atom stereocenters. The van der Waals surface area contributed by atoms with Gasteiger partial charge in [-0.1, -0.05) is 17.7 Å². The van der Waals surface area contributed by atoms with E-state index in [0.29, 0.717) is 17.2 Å². The van der Waals surface area contributed by atoms with E-state index in [1.807, 2.05) is 0 Å². The van der Waals surface area contributed by atoms with E-state index in [2.05, 4.69) is 0 Å².